The second-order valence-corrected chi connectivity index (χ2v) is 7.33. The molecule has 0 aliphatic carbocycles. The Morgan fingerprint density at radius 1 is 1.18 bits per heavy atom. The molecule has 2 aromatic carbocycles. The minimum atomic E-state index is 0.439. The highest BCUT2D eigenvalue weighted by Gasteiger charge is 2.26. The molecule has 3 heteroatoms. The van der Waals surface area contributed by atoms with Gasteiger partial charge in [-0.2, -0.15) is 0 Å². The van der Waals surface area contributed by atoms with E-state index < -0.39 is 0 Å². The highest BCUT2D eigenvalue weighted by molar-refractivity contribution is 14.1. The summed E-state index contributed by atoms with van der Waals surface area (Å²) in [4.78, 5) is 6.22. The van der Waals surface area contributed by atoms with Crippen LogP contribution in [-0.2, 0) is 13.0 Å². The van der Waals surface area contributed by atoms with Crippen molar-refractivity contribution >= 4 is 33.5 Å². The number of hydrogen-bond donors (Lipinski definition) is 1. The maximum Gasteiger partial charge on any atom is 0.0477 e. The van der Waals surface area contributed by atoms with E-state index in [1.807, 2.05) is 0 Å². The summed E-state index contributed by atoms with van der Waals surface area (Å²) in [6.45, 7) is 4.47. The topological polar surface area (TPSA) is 19.0 Å². The summed E-state index contributed by atoms with van der Waals surface area (Å²) in [7, 11) is 0. The first-order chi connectivity index (χ1) is 10.7. The van der Waals surface area contributed by atoms with Crippen LogP contribution in [0.25, 0.3) is 10.9 Å². The van der Waals surface area contributed by atoms with Crippen molar-refractivity contribution in [3.8, 4) is 0 Å². The van der Waals surface area contributed by atoms with Gasteiger partial charge in [0.25, 0.3) is 0 Å². The molecule has 2 nitrogen and oxygen atoms in total. The van der Waals surface area contributed by atoms with Crippen molar-refractivity contribution in [2.24, 2.45) is 0 Å². The Kier molecular flexibility index (Phi) is 3.70. The highest BCUT2D eigenvalue weighted by Crippen LogP contribution is 2.34. The van der Waals surface area contributed by atoms with Gasteiger partial charge in [0, 0.05) is 39.3 Å². The molecule has 0 saturated heterocycles. The molecule has 1 aliphatic heterocycles. The van der Waals surface area contributed by atoms with E-state index in [4.69, 9.17) is 0 Å². The maximum atomic E-state index is 3.65. The molecule has 0 amide bonds. The normalized spacial score (nSPS) is 18.5. The lowest BCUT2D eigenvalue weighted by Crippen LogP contribution is -2.33. The molecule has 0 bridgehead atoms. The van der Waals surface area contributed by atoms with E-state index in [0.717, 1.165) is 19.5 Å². The minimum Gasteiger partial charge on any atom is -0.357 e. The van der Waals surface area contributed by atoms with Crippen LogP contribution in [0, 0.1) is 3.57 Å². The van der Waals surface area contributed by atoms with E-state index >= 15 is 0 Å². The summed E-state index contributed by atoms with van der Waals surface area (Å²) in [5.41, 5.74) is 5.59. The smallest absolute Gasteiger partial charge is 0.0477 e. The molecule has 1 N–H and O–H groups in total. The second kappa shape index (κ2) is 5.70. The Morgan fingerprint density at radius 3 is 2.91 bits per heavy atom. The molecule has 1 aliphatic rings. The molecular formula is C19H19IN2. The molecule has 0 fully saturated rings. The Balaban J connectivity index is 1.65. The number of halogens is 1. The average molecular weight is 402 g/mol. The van der Waals surface area contributed by atoms with E-state index in [1.165, 1.54) is 31.3 Å². The first-order valence-electron chi connectivity index (χ1n) is 7.80. The Hall–Kier alpha value is -1.33. The fraction of sp³-hybridized carbons (Fsp3) is 0.263. The van der Waals surface area contributed by atoms with Gasteiger partial charge in [-0.15, -0.1) is 0 Å². The van der Waals surface area contributed by atoms with Crippen LogP contribution < -0.4 is 0 Å². The van der Waals surface area contributed by atoms with E-state index in [1.54, 1.807) is 0 Å². The van der Waals surface area contributed by atoms with Gasteiger partial charge in [-0.05, 0) is 65.3 Å². The monoisotopic (exact) mass is 402 g/mol. The molecule has 1 unspecified atom stereocenters. The van der Waals surface area contributed by atoms with Gasteiger partial charge in [-0.1, -0.05) is 30.3 Å². The molecule has 1 aromatic heterocycles. The number of aromatic nitrogens is 1. The maximum absolute atomic E-state index is 3.65. The number of H-pyrrole nitrogens is 1. The van der Waals surface area contributed by atoms with Gasteiger partial charge in [-0.3, -0.25) is 4.90 Å². The molecule has 1 atom stereocenters. The molecular weight excluding hydrogens is 383 g/mol. The molecule has 112 valence electrons. The van der Waals surface area contributed by atoms with E-state index in [9.17, 15) is 0 Å². The van der Waals surface area contributed by atoms with Gasteiger partial charge in [0.05, 0.1) is 0 Å². The average Bonchev–Trinajstić information content (AvgIpc) is 2.90. The summed E-state index contributed by atoms with van der Waals surface area (Å²) >= 11 is 2.39. The lowest BCUT2D eigenvalue weighted by molar-refractivity contribution is 0.187. The quantitative estimate of drug-likeness (QED) is 0.605. The van der Waals surface area contributed by atoms with Crippen molar-refractivity contribution < 1.29 is 0 Å². The number of nitrogens with one attached hydrogen (secondary N) is 1. The number of rotatable bonds is 2. The zero-order chi connectivity index (χ0) is 15.1. The Labute approximate surface area is 144 Å². The van der Waals surface area contributed by atoms with Gasteiger partial charge in [0.1, 0.15) is 0 Å². The fourth-order valence-corrected chi connectivity index (χ4v) is 4.17. The number of benzene rings is 2. The molecule has 3 aromatic rings. The SMILES string of the molecule is CC1c2[nH]c3ccccc3c2CCN1Cc1cccc(I)c1. The lowest BCUT2D eigenvalue weighted by atomic mass is 9.98. The number of aromatic amines is 1. The number of para-hydroxylation sites is 1. The highest BCUT2D eigenvalue weighted by atomic mass is 127. The van der Waals surface area contributed by atoms with Crippen LogP contribution >= 0.6 is 22.6 Å². The van der Waals surface area contributed by atoms with Crippen molar-refractivity contribution in [3.05, 3.63) is 68.9 Å². The van der Waals surface area contributed by atoms with Crippen LogP contribution in [0.5, 0.6) is 0 Å². The van der Waals surface area contributed by atoms with Crippen molar-refractivity contribution in [1.29, 1.82) is 0 Å². The third-order valence-corrected chi connectivity index (χ3v) is 5.41. The summed E-state index contributed by atoms with van der Waals surface area (Å²) in [6, 6.07) is 17.9. The first-order valence-corrected chi connectivity index (χ1v) is 8.88. The number of hydrogen-bond acceptors (Lipinski definition) is 1. The fourth-order valence-electron chi connectivity index (χ4n) is 3.56. The van der Waals surface area contributed by atoms with Gasteiger partial charge in [0.15, 0.2) is 0 Å². The third-order valence-electron chi connectivity index (χ3n) is 4.74. The van der Waals surface area contributed by atoms with Crippen LogP contribution in [0.15, 0.2) is 48.5 Å². The minimum absolute atomic E-state index is 0.439. The van der Waals surface area contributed by atoms with Crippen LogP contribution in [0.1, 0.15) is 29.8 Å². The Bertz CT molecular complexity index is 821. The molecule has 4 rings (SSSR count). The predicted molar refractivity (Wildman–Crippen MR) is 100.0 cm³/mol. The van der Waals surface area contributed by atoms with Crippen molar-refractivity contribution in [3.63, 3.8) is 0 Å². The lowest BCUT2D eigenvalue weighted by Gasteiger charge is -2.33. The van der Waals surface area contributed by atoms with E-state index in [0.29, 0.717) is 6.04 Å². The zero-order valence-electron chi connectivity index (χ0n) is 12.6. The van der Waals surface area contributed by atoms with Gasteiger partial charge in [0.2, 0.25) is 0 Å². The van der Waals surface area contributed by atoms with E-state index in [2.05, 4.69) is 87.9 Å². The van der Waals surface area contributed by atoms with Crippen LogP contribution in [0.4, 0.5) is 0 Å². The van der Waals surface area contributed by atoms with Crippen LogP contribution in [0.2, 0.25) is 0 Å². The summed E-state index contributed by atoms with van der Waals surface area (Å²) in [5.74, 6) is 0. The van der Waals surface area contributed by atoms with Crippen molar-refractivity contribution in [1.82, 2.24) is 9.88 Å². The van der Waals surface area contributed by atoms with Crippen LogP contribution in [0.3, 0.4) is 0 Å². The van der Waals surface area contributed by atoms with E-state index in [-0.39, 0.29) is 0 Å². The first kappa shape index (κ1) is 14.3. The standard InChI is InChI=1S/C19H19IN2/c1-13-19-17(16-7-2-3-8-18(16)21-19)9-10-22(13)12-14-5-4-6-15(20)11-14/h2-8,11,13,21H,9-10,12H2,1H3. The van der Waals surface area contributed by atoms with Gasteiger partial charge < -0.3 is 4.98 Å². The Morgan fingerprint density at radius 2 is 2.05 bits per heavy atom. The molecule has 0 spiro atoms. The number of fused-ring (bicyclic) bond motifs is 3. The molecule has 2 heterocycles. The van der Waals surface area contributed by atoms with Gasteiger partial charge >= 0.3 is 0 Å². The van der Waals surface area contributed by atoms with Crippen molar-refractivity contribution in [2.45, 2.75) is 25.9 Å². The van der Waals surface area contributed by atoms with Gasteiger partial charge in [-0.25, -0.2) is 0 Å². The molecule has 22 heavy (non-hydrogen) atoms. The largest absolute Gasteiger partial charge is 0.357 e. The third kappa shape index (κ3) is 2.46. The zero-order valence-corrected chi connectivity index (χ0v) is 14.8. The molecule has 0 radical (unpaired) electrons. The summed E-state index contributed by atoms with van der Waals surface area (Å²) < 4.78 is 1.31. The second-order valence-electron chi connectivity index (χ2n) is 6.09. The summed E-state index contributed by atoms with van der Waals surface area (Å²) in [6.07, 6.45) is 1.13. The predicted octanol–water partition coefficient (Wildman–Crippen LogP) is 4.89. The van der Waals surface area contributed by atoms with Crippen LogP contribution in [-0.4, -0.2) is 16.4 Å². The number of nitrogens with zero attached hydrogens (tertiary/aromatic N) is 1. The molecule has 0 saturated carbocycles. The summed E-state index contributed by atoms with van der Waals surface area (Å²) in [5, 5.41) is 1.40. The van der Waals surface area contributed by atoms with Crippen molar-refractivity contribution in [2.75, 3.05) is 6.54 Å².